The number of benzene rings is 4. The van der Waals surface area contributed by atoms with Crippen molar-refractivity contribution < 1.29 is 53.9 Å². The number of nitrogens with zero attached hydrogens (tertiary/aromatic N) is 4. The molecule has 0 aliphatic carbocycles. The first-order chi connectivity index (χ1) is 37.7. The van der Waals surface area contributed by atoms with Gasteiger partial charge in [0.05, 0.1) is 22.3 Å². The number of hydrogen-bond acceptors (Lipinski definition) is 10. The summed E-state index contributed by atoms with van der Waals surface area (Å²) in [5.74, 6) is -3.88. The van der Waals surface area contributed by atoms with E-state index in [0.717, 1.165) is 189 Å². The molecule has 0 bridgehead atoms. The Bertz CT molecular complexity index is 2690. The fraction of sp³-hybridized carbons (Fsp3) is 0.562. The van der Waals surface area contributed by atoms with Gasteiger partial charge in [-0.25, -0.2) is 19.2 Å². The van der Waals surface area contributed by atoms with Crippen molar-refractivity contribution in [3.63, 3.8) is 0 Å². The van der Waals surface area contributed by atoms with Crippen LogP contribution in [0.3, 0.4) is 0 Å². The van der Waals surface area contributed by atoms with Crippen LogP contribution in [0.4, 0.5) is 0 Å². The van der Waals surface area contributed by atoms with Gasteiger partial charge in [0.25, 0.3) is 0 Å². The predicted octanol–water partition coefficient (Wildman–Crippen LogP) is 15.0. The number of rotatable bonds is 36. The molecule has 2 aromatic heterocycles. The Kier molecular flexibility index (Phi) is 38.3. The van der Waals surface area contributed by atoms with Gasteiger partial charge in [0.15, 0.2) is 0 Å². The number of carbonyl (C=O) groups is 4. The highest BCUT2D eigenvalue weighted by molar-refractivity contribution is 6.13. The van der Waals surface area contributed by atoms with E-state index in [1.165, 1.54) is 12.1 Å². The lowest BCUT2D eigenvalue weighted by Crippen LogP contribution is -2.27. The minimum absolute atomic E-state index is 0. The summed E-state index contributed by atoms with van der Waals surface area (Å²) in [7, 11) is 0. The average molecular weight is 1240 g/mol. The van der Waals surface area contributed by atoms with E-state index in [0.29, 0.717) is 69.9 Å². The summed E-state index contributed by atoms with van der Waals surface area (Å²) in [6, 6.07) is 13.4. The van der Waals surface area contributed by atoms with Gasteiger partial charge in [-0.2, -0.15) is 0 Å². The SMILES string of the molecule is CCCN(CCC)CCCc1cc2oc3ccc(C(=O)O)cc3c2c(CCCN(CCC)CCC)c1C(=O)O.CCCN(CCC)CCCc1cc2oc3ccc(C(=O)O)cc3c2c(CCCN(CCC)CCC)c1C(=O)O.Cl.Cl.Cl.Cl.O. The monoisotopic (exact) mass is 1240 g/mol. The number of halogens is 4. The Morgan fingerprint density at radius 2 is 0.627 bits per heavy atom. The number of carboxylic acid groups (broad SMARTS) is 4. The van der Waals surface area contributed by atoms with Crippen molar-refractivity contribution in [2.75, 3.05) is 78.5 Å². The van der Waals surface area contributed by atoms with Crippen molar-refractivity contribution in [1.29, 1.82) is 0 Å². The Labute approximate surface area is 517 Å². The molecule has 4 aromatic carbocycles. The number of hydrogen-bond donors (Lipinski definition) is 4. The van der Waals surface area contributed by atoms with E-state index in [1.807, 2.05) is 12.1 Å². The van der Waals surface area contributed by atoms with Gasteiger partial charge in [0.1, 0.15) is 22.3 Å². The van der Waals surface area contributed by atoms with E-state index in [-0.39, 0.29) is 66.2 Å². The van der Waals surface area contributed by atoms with E-state index in [2.05, 4.69) is 75.0 Å². The molecule has 0 aliphatic rings. The Balaban J connectivity index is 0.00000153. The minimum atomic E-state index is -1.01. The maximum absolute atomic E-state index is 12.8. The van der Waals surface area contributed by atoms with Gasteiger partial charge in [-0.15, -0.1) is 49.6 Å². The fourth-order valence-electron chi connectivity index (χ4n) is 11.7. The molecule has 6 aromatic rings. The van der Waals surface area contributed by atoms with Crippen LogP contribution < -0.4 is 0 Å². The highest BCUT2D eigenvalue weighted by atomic mass is 35.5. The Morgan fingerprint density at radius 1 is 0.361 bits per heavy atom. The lowest BCUT2D eigenvalue weighted by atomic mass is 9.90. The Hall–Kier alpha value is -4.68. The van der Waals surface area contributed by atoms with Crippen LogP contribution >= 0.6 is 49.6 Å². The third kappa shape index (κ3) is 22.0. The number of aryl methyl sites for hydroxylation is 4. The van der Waals surface area contributed by atoms with Crippen LogP contribution in [0.2, 0.25) is 0 Å². The van der Waals surface area contributed by atoms with Crippen molar-refractivity contribution in [2.24, 2.45) is 0 Å². The van der Waals surface area contributed by atoms with Crippen molar-refractivity contribution in [3.8, 4) is 0 Å². The third-order valence-electron chi connectivity index (χ3n) is 14.8. The second-order valence-corrected chi connectivity index (χ2v) is 21.2. The summed E-state index contributed by atoms with van der Waals surface area (Å²) in [6.45, 7) is 29.4. The molecular formula is C64H98Cl4N4O11. The number of furan rings is 2. The summed E-state index contributed by atoms with van der Waals surface area (Å²) >= 11 is 0. The third-order valence-corrected chi connectivity index (χ3v) is 14.8. The minimum Gasteiger partial charge on any atom is -0.478 e. The summed E-state index contributed by atoms with van der Waals surface area (Å²) in [6.07, 6.45) is 14.6. The number of fused-ring (bicyclic) bond motifs is 6. The first-order valence-corrected chi connectivity index (χ1v) is 29.5. The molecule has 15 nitrogen and oxygen atoms in total. The van der Waals surface area contributed by atoms with E-state index in [9.17, 15) is 39.6 Å². The molecule has 0 unspecified atom stereocenters. The topological polar surface area (TPSA) is 220 Å². The van der Waals surface area contributed by atoms with Gasteiger partial charge >= 0.3 is 23.9 Å². The van der Waals surface area contributed by atoms with Crippen LogP contribution in [0, 0.1) is 0 Å². The quantitative estimate of drug-likeness (QED) is 0.0288. The zero-order valence-corrected chi connectivity index (χ0v) is 53.8. The van der Waals surface area contributed by atoms with Crippen molar-refractivity contribution in [3.05, 3.63) is 93.0 Å². The second-order valence-electron chi connectivity index (χ2n) is 21.2. The molecule has 0 atom stereocenters. The van der Waals surface area contributed by atoms with Crippen LogP contribution in [0.25, 0.3) is 43.9 Å². The van der Waals surface area contributed by atoms with Crippen LogP contribution in [0.1, 0.15) is 196 Å². The van der Waals surface area contributed by atoms with Crippen molar-refractivity contribution in [1.82, 2.24) is 19.6 Å². The summed E-state index contributed by atoms with van der Waals surface area (Å²) in [5.41, 5.74) is 6.64. The molecule has 0 radical (unpaired) electrons. The molecule has 468 valence electrons. The molecule has 0 saturated heterocycles. The van der Waals surface area contributed by atoms with Crippen LogP contribution in [-0.4, -0.2) is 148 Å². The van der Waals surface area contributed by atoms with Gasteiger partial charge < -0.3 is 54.3 Å². The van der Waals surface area contributed by atoms with Gasteiger partial charge in [-0.1, -0.05) is 55.4 Å². The maximum atomic E-state index is 12.8. The average Bonchev–Trinajstić information content (AvgIpc) is 3.96. The smallest absolute Gasteiger partial charge is 0.336 e. The van der Waals surface area contributed by atoms with Gasteiger partial charge in [-0.3, -0.25) is 0 Å². The molecule has 6 N–H and O–H groups in total. The van der Waals surface area contributed by atoms with Crippen LogP contribution in [0.15, 0.2) is 57.4 Å². The molecule has 0 spiro atoms. The molecule has 0 saturated carbocycles. The summed E-state index contributed by atoms with van der Waals surface area (Å²) < 4.78 is 12.4. The fourth-order valence-corrected chi connectivity index (χ4v) is 11.7. The zero-order chi connectivity index (χ0) is 56.7. The molecule has 0 amide bonds. The van der Waals surface area contributed by atoms with Crippen LogP contribution in [-0.2, 0) is 25.7 Å². The first kappa shape index (κ1) is 78.3. The molecular weight excluding hydrogens is 1140 g/mol. The lowest BCUT2D eigenvalue weighted by Gasteiger charge is -2.22. The summed E-state index contributed by atoms with van der Waals surface area (Å²) in [5, 5.41) is 43.0. The summed E-state index contributed by atoms with van der Waals surface area (Å²) in [4.78, 5) is 58.8. The standard InChI is InChI=1S/2C32H46N2O5.4ClH.H2O/c2*1-5-15-33(16-6-2)19-9-11-23-22-28-30(26-21-24(31(35)36)13-14-27(26)39-28)25(29(23)32(37)38)12-10-20-34(17-7-3)18-8-4;;;;;/h2*13-14,21-22H,5-12,15-20H2,1-4H3,(H,35,36)(H,37,38);4*1H;1H2. The molecule has 0 aliphatic heterocycles. The highest BCUT2D eigenvalue weighted by Gasteiger charge is 2.26. The normalized spacial score (nSPS) is 11.1. The van der Waals surface area contributed by atoms with Gasteiger partial charge in [0.2, 0.25) is 0 Å². The van der Waals surface area contributed by atoms with E-state index in [1.54, 1.807) is 24.3 Å². The number of carboxylic acids is 4. The van der Waals surface area contributed by atoms with Crippen molar-refractivity contribution >= 4 is 117 Å². The molecule has 19 heteroatoms. The van der Waals surface area contributed by atoms with Gasteiger partial charge in [-0.05, 0) is 252 Å². The molecule has 6 rings (SSSR count). The predicted molar refractivity (Wildman–Crippen MR) is 349 cm³/mol. The highest BCUT2D eigenvalue weighted by Crippen LogP contribution is 2.39. The van der Waals surface area contributed by atoms with E-state index in [4.69, 9.17) is 8.83 Å². The van der Waals surface area contributed by atoms with Crippen molar-refractivity contribution in [2.45, 2.75) is 158 Å². The Morgan fingerprint density at radius 3 is 0.867 bits per heavy atom. The maximum Gasteiger partial charge on any atom is 0.336 e. The molecule has 83 heavy (non-hydrogen) atoms. The largest absolute Gasteiger partial charge is 0.478 e. The lowest BCUT2D eigenvalue weighted by molar-refractivity contribution is 0.0683. The zero-order valence-electron chi connectivity index (χ0n) is 50.6. The second kappa shape index (κ2) is 40.6. The first-order valence-electron chi connectivity index (χ1n) is 29.5. The van der Waals surface area contributed by atoms with Gasteiger partial charge in [0, 0.05) is 21.5 Å². The van der Waals surface area contributed by atoms with E-state index >= 15 is 0 Å². The van der Waals surface area contributed by atoms with E-state index < -0.39 is 23.9 Å². The number of aromatic carboxylic acids is 4. The molecule has 0 fully saturated rings. The van der Waals surface area contributed by atoms with Crippen LogP contribution in [0.5, 0.6) is 0 Å². The molecule has 2 heterocycles.